The van der Waals surface area contributed by atoms with E-state index >= 15 is 0 Å². The van der Waals surface area contributed by atoms with E-state index in [9.17, 15) is 14.0 Å². The number of halogens is 2. The third-order valence-corrected chi connectivity index (χ3v) is 4.02. The monoisotopic (exact) mass is 398 g/mol. The van der Waals surface area contributed by atoms with Gasteiger partial charge >= 0.3 is 0 Å². The molecule has 5 nitrogen and oxygen atoms in total. The SMILES string of the molecule is O=C(COc1ccccc1C(=O)Nc1ccccc1)Nc1ccc(F)c(Cl)c1. The fourth-order valence-electron chi connectivity index (χ4n) is 2.41. The van der Waals surface area contributed by atoms with E-state index in [2.05, 4.69) is 10.6 Å². The minimum Gasteiger partial charge on any atom is -0.483 e. The van der Waals surface area contributed by atoms with Crippen LogP contribution >= 0.6 is 11.6 Å². The van der Waals surface area contributed by atoms with Crippen molar-refractivity contribution in [3.63, 3.8) is 0 Å². The van der Waals surface area contributed by atoms with Crippen LogP contribution in [0.3, 0.4) is 0 Å². The Labute approximate surface area is 166 Å². The molecule has 0 fully saturated rings. The summed E-state index contributed by atoms with van der Waals surface area (Å²) in [7, 11) is 0. The van der Waals surface area contributed by atoms with E-state index in [-0.39, 0.29) is 23.3 Å². The van der Waals surface area contributed by atoms with Crippen molar-refractivity contribution in [2.75, 3.05) is 17.2 Å². The first-order valence-electron chi connectivity index (χ1n) is 8.36. The highest BCUT2D eigenvalue weighted by Gasteiger charge is 2.14. The van der Waals surface area contributed by atoms with E-state index in [1.165, 1.54) is 12.1 Å². The van der Waals surface area contributed by atoms with Gasteiger partial charge in [-0.05, 0) is 42.5 Å². The summed E-state index contributed by atoms with van der Waals surface area (Å²) in [6.45, 7) is -0.329. The van der Waals surface area contributed by atoms with Crippen LogP contribution in [0.15, 0.2) is 72.8 Å². The van der Waals surface area contributed by atoms with Crippen LogP contribution in [0, 0.1) is 5.82 Å². The molecule has 0 spiro atoms. The van der Waals surface area contributed by atoms with Gasteiger partial charge in [0.1, 0.15) is 11.6 Å². The number of anilines is 2. The maximum Gasteiger partial charge on any atom is 0.262 e. The first kappa shape index (κ1) is 19.4. The molecule has 0 saturated heterocycles. The van der Waals surface area contributed by atoms with Crippen molar-refractivity contribution in [1.82, 2.24) is 0 Å². The van der Waals surface area contributed by atoms with Crippen molar-refractivity contribution in [1.29, 1.82) is 0 Å². The average Bonchev–Trinajstić information content (AvgIpc) is 2.70. The Balaban J connectivity index is 1.63. The highest BCUT2D eigenvalue weighted by molar-refractivity contribution is 6.31. The summed E-state index contributed by atoms with van der Waals surface area (Å²) in [6, 6.07) is 19.4. The van der Waals surface area contributed by atoms with Gasteiger partial charge in [-0.1, -0.05) is 41.9 Å². The van der Waals surface area contributed by atoms with Gasteiger partial charge in [0.15, 0.2) is 6.61 Å². The molecule has 0 radical (unpaired) electrons. The van der Waals surface area contributed by atoms with Crippen molar-refractivity contribution in [3.05, 3.63) is 89.2 Å². The zero-order valence-electron chi connectivity index (χ0n) is 14.6. The molecular formula is C21H16ClFN2O3. The lowest BCUT2D eigenvalue weighted by molar-refractivity contribution is -0.118. The third-order valence-electron chi connectivity index (χ3n) is 3.73. The highest BCUT2D eigenvalue weighted by Crippen LogP contribution is 2.21. The minimum atomic E-state index is -0.575. The number of hydrogen-bond acceptors (Lipinski definition) is 3. The number of carbonyl (C=O) groups is 2. The molecule has 0 heterocycles. The molecule has 28 heavy (non-hydrogen) atoms. The molecule has 3 rings (SSSR count). The van der Waals surface area contributed by atoms with Gasteiger partial charge in [0.25, 0.3) is 11.8 Å². The van der Waals surface area contributed by atoms with E-state index in [1.807, 2.05) is 18.2 Å². The zero-order chi connectivity index (χ0) is 19.9. The second-order valence-electron chi connectivity index (χ2n) is 5.78. The number of rotatable bonds is 6. The van der Waals surface area contributed by atoms with Gasteiger partial charge < -0.3 is 15.4 Å². The van der Waals surface area contributed by atoms with E-state index in [1.54, 1.807) is 36.4 Å². The number of nitrogens with one attached hydrogen (secondary N) is 2. The Morgan fingerprint density at radius 1 is 0.893 bits per heavy atom. The highest BCUT2D eigenvalue weighted by atomic mass is 35.5. The molecule has 142 valence electrons. The van der Waals surface area contributed by atoms with Crippen molar-refractivity contribution < 1.29 is 18.7 Å². The van der Waals surface area contributed by atoms with Crippen LogP contribution in [0.1, 0.15) is 10.4 Å². The van der Waals surface area contributed by atoms with Gasteiger partial charge in [0, 0.05) is 11.4 Å². The van der Waals surface area contributed by atoms with Crippen LogP contribution < -0.4 is 15.4 Å². The molecule has 2 N–H and O–H groups in total. The average molecular weight is 399 g/mol. The van der Waals surface area contributed by atoms with Gasteiger partial charge in [-0.15, -0.1) is 0 Å². The molecule has 3 aromatic carbocycles. The molecule has 0 atom stereocenters. The Bertz CT molecular complexity index is 996. The minimum absolute atomic E-state index is 0.0957. The van der Waals surface area contributed by atoms with Crippen LogP contribution in [0.2, 0.25) is 5.02 Å². The molecule has 0 saturated carbocycles. The number of benzene rings is 3. The quantitative estimate of drug-likeness (QED) is 0.629. The second kappa shape index (κ2) is 9.01. The van der Waals surface area contributed by atoms with Gasteiger partial charge in [-0.25, -0.2) is 4.39 Å². The molecule has 0 aromatic heterocycles. The number of para-hydroxylation sites is 2. The lowest BCUT2D eigenvalue weighted by Crippen LogP contribution is -2.21. The van der Waals surface area contributed by atoms with Crippen LogP contribution in [-0.2, 0) is 4.79 Å². The lowest BCUT2D eigenvalue weighted by atomic mass is 10.2. The number of amides is 2. The van der Waals surface area contributed by atoms with Crippen LogP contribution in [0.4, 0.5) is 15.8 Å². The summed E-state index contributed by atoms with van der Waals surface area (Å²) in [4.78, 5) is 24.6. The third kappa shape index (κ3) is 5.08. The molecule has 0 unspecified atom stereocenters. The van der Waals surface area contributed by atoms with E-state index in [0.29, 0.717) is 16.9 Å². The fraction of sp³-hybridized carbons (Fsp3) is 0.0476. The van der Waals surface area contributed by atoms with Crippen LogP contribution in [0.5, 0.6) is 5.75 Å². The Hall–Kier alpha value is -3.38. The first-order valence-corrected chi connectivity index (χ1v) is 8.74. The first-order chi connectivity index (χ1) is 13.5. The topological polar surface area (TPSA) is 67.4 Å². The summed E-state index contributed by atoms with van der Waals surface area (Å²) in [5, 5.41) is 5.23. The summed E-state index contributed by atoms with van der Waals surface area (Å²) in [5.74, 6) is -1.13. The van der Waals surface area contributed by atoms with Crippen LogP contribution in [-0.4, -0.2) is 18.4 Å². The molecule has 0 aliphatic heterocycles. The van der Waals surface area contributed by atoms with Crippen molar-refractivity contribution >= 4 is 34.8 Å². The number of hydrogen-bond donors (Lipinski definition) is 2. The van der Waals surface area contributed by atoms with Gasteiger partial charge in [-0.3, -0.25) is 9.59 Å². The normalized spacial score (nSPS) is 10.2. The molecule has 7 heteroatoms. The molecule has 0 bridgehead atoms. The summed E-state index contributed by atoms with van der Waals surface area (Å²) in [5.41, 5.74) is 1.28. The van der Waals surface area contributed by atoms with Crippen LogP contribution in [0.25, 0.3) is 0 Å². The summed E-state index contributed by atoms with van der Waals surface area (Å²) >= 11 is 5.69. The summed E-state index contributed by atoms with van der Waals surface area (Å²) in [6.07, 6.45) is 0. The number of ether oxygens (including phenoxy) is 1. The molecule has 0 aliphatic rings. The van der Waals surface area contributed by atoms with Gasteiger partial charge in [-0.2, -0.15) is 0 Å². The van der Waals surface area contributed by atoms with Crippen molar-refractivity contribution in [2.24, 2.45) is 0 Å². The largest absolute Gasteiger partial charge is 0.483 e. The zero-order valence-corrected chi connectivity index (χ0v) is 15.4. The van der Waals surface area contributed by atoms with E-state index in [4.69, 9.17) is 16.3 Å². The standard InChI is InChI=1S/C21H16ClFN2O3/c22-17-12-15(10-11-18(17)23)24-20(26)13-28-19-9-5-4-8-16(19)21(27)25-14-6-2-1-3-7-14/h1-12H,13H2,(H,24,26)(H,25,27). The van der Waals surface area contributed by atoms with Crippen molar-refractivity contribution in [2.45, 2.75) is 0 Å². The predicted molar refractivity (Wildman–Crippen MR) is 106 cm³/mol. The Morgan fingerprint density at radius 2 is 1.61 bits per heavy atom. The van der Waals surface area contributed by atoms with E-state index in [0.717, 1.165) is 6.07 Å². The van der Waals surface area contributed by atoms with Crippen molar-refractivity contribution in [3.8, 4) is 5.75 Å². The van der Waals surface area contributed by atoms with E-state index < -0.39 is 11.7 Å². The molecular weight excluding hydrogens is 383 g/mol. The number of carbonyl (C=O) groups excluding carboxylic acids is 2. The Morgan fingerprint density at radius 3 is 2.36 bits per heavy atom. The maximum atomic E-state index is 13.2. The van der Waals surface area contributed by atoms with Gasteiger partial charge in [0.05, 0.1) is 10.6 Å². The summed E-state index contributed by atoms with van der Waals surface area (Å²) < 4.78 is 18.7. The lowest BCUT2D eigenvalue weighted by Gasteiger charge is -2.12. The molecule has 2 amide bonds. The maximum absolute atomic E-state index is 13.2. The fourth-order valence-corrected chi connectivity index (χ4v) is 2.59. The smallest absolute Gasteiger partial charge is 0.262 e. The predicted octanol–water partition coefficient (Wildman–Crippen LogP) is 4.75. The molecule has 3 aromatic rings. The van der Waals surface area contributed by atoms with Gasteiger partial charge in [0.2, 0.25) is 0 Å². The molecule has 0 aliphatic carbocycles. The Kier molecular flexibility index (Phi) is 6.24. The second-order valence-corrected chi connectivity index (χ2v) is 6.19.